The molecule has 2 aromatic rings. The molecule has 0 bridgehead atoms. The second-order valence-corrected chi connectivity index (χ2v) is 6.19. The second kappa shape index (κ2) is 3.87. The predicted octanol–water partition coefficient (Wildman–Crippen LogP) is 3.10. The van der Waals surface area contributed by atoms with Crippen LogP contribution in [-0.4, -0.2) is 17.6 Å². The number of aryl methyl sites for hydroxylation is 3. The van der Waals surface area contributed by atoms with Gasteiger partial charge < -0.3 is 9.30 Å². The Kier molecular flexibility index (Phi) is 2.33. The summed E-state index contributed by atoms with van der Waals surface area (Å²) >= 11 is 0. The number of hydrogen-bond donors (Lipinski definition) is 0. The van der Waals surface area contributed by atoms with E-state index in [4.69, 9.17) is 4.74 Å². The van der Waals surface area contributed by atoms with Gasteiger partial charge in [0, 0.05) is 17.6 Å². The van der Waals surface area contributed by atoms with Crippen molar-refractivity contribution in [2.75, 3.05) is 7.11 Å². The van der Waals surface area contributed by atoms with Gasteiger partial charge in [-0.3, -0.25) is 4.79 Å². The fraction of sp³-hybridized carbons (Fsp3) is 0.471. The first-order chi connectivity index (χ1) is 9.65. The maximum Gasteiger partial charge on any atom is 0.316 e. The van der Waals surface area contributed by atoms with E-state index >= 15 is 0 Å². The highest BCUT2D eigenvalue weighted by molar-refractivity contribution is 5.91. The zero-order chi connectivity index (χ0) is 13.9. The van der Waals surface area contributed by atoms with Crippen LogP contribution >= 0.6 is 0 Å². The van der Waals surface area contributed by atoms with Crippen LogP contribution in [0.1, 0.15) is 36.1 Å². The predicted molar refractivity (Wildman–Crippen MR) is 77.9 cm³/mol. The highest BCUT2D eigenvalue weighted by Crippen LogP contribution is 2.50. The molecule has 0 radical (unpaired) electrons. The van der Waals surface area contributed by atoms with E-state index in [1.807, 2.05) is 0 Å². The Labute approximate surface area is 118 Å². The molecule has 3 heteroatoms. The van der Waals surface area contributed by atoms with Crippen molar-refractivity contribution >= 4 is 16.9 Å². The maximum absolute atomic E-state index is 12.1. The summed E-state index contributed by atoms with van der Waals surface area (Å²) in [5, 5.41) is 1.28. The smallest absolute Gasteiger partial charge is 0.316 e. The van der Waals surface area contributed by atoms with Crippen LogP contribution in [0.5, 0.6) is 0 Å². The number of methoxy groups -OCH3 is 1. The molecule has 0 atom stereocenters. The summed E-state index contributed by atoms with van der Waals surface area (Å²) in [4.78, 5) is 12.1. The van der Waals surface area contributed by atoms with E-state index in [9.17, 15) is 4.79 Å². The standard InChI is InChI=1S/C17H19NO2/c1-11-8-13-10-14(17(5-6-17)16(19)20-2)9-12-4-3-7-18(11)15(12)13/h8-10H,3-7H2,1-2H3. The minimum atomic E-state index is -0.354. The lowest BCUT2D eigenvalue weighted by atomic mass is 9.91. The van der Waals surface area contributed by atoms with E-state index in [-0.39, 0.29) is 11.4 Å². The molecule has 1 saturated carbocycles. The van der Waals surface area contributed by atoms with Crippen molar-refractivity contribution in [3.63, 3.8) is 0 Å². The molecule has 0 spiro atoms. The Balaban J connectivity index is 1.94. The van der Waals surface area contributed by atoms with Gasteiger partial charge in [0.1, 0.15) is 0 Å². The normalized spacial score (nSPS) is 19.1. The van der Waals surface area contributed by atoms with E-state index in [0.29, 0.717) is 0 Å². The summed E-state index contributed by atoms with van der Waals surface area (Å²) in [5.74, 6) is -0.0731. The Morgan fingerprint density at radius 2 is 2.10 bits per heavy atom. The minimum Gasteiger partial charge on any atom is -0.468 e. The van der Waals surface area contributed by atoms with Crippen molar-refractivity contribution in [2.24, 2.45) is 0 Å². The SMILES string of the molecule is COC(=O)C1(c2cc3c4c(c2)cc(C)n4CCC3)CC1. The van der Waals surface area contributed by atoms with Crippen LogP contribution in [0.4, 0.5) is 0 Å². The van der Waals surface area contributed by atoms with Gasteiger partial charge in [-0.1, -0.05) is 6.07 Å². The summed E-state index contributed by atoms with van der Waals surface area (Å²) in [7, 11) is 1.49. The van der Waals surface area contributed by atoms with E-state index in [0.717, 1.165) is 31.4 Å². The van der Waals surface area contributed by atoms with E-state index in [1.165, 1.54) is 35.7 Å². The number of esters is 1. The van der Waals surface area contributed by atoms with Crippen molar-refractivity contribution in [3.05, 3.63) is 35.0 Å². The number of hydrogen-bond acceptors (Lipinski definition) is 2. The molecule has 3 nitrogen and oxygen atoms in total. The lowest BCUT2D eigenvalue weighted by Crippen LogP contribution is -2.22. The number of nitrogens with zero attached hydrogens (tertiary/aromatic N) is 1. The molecule has 20 heavy (non-hydrogen) atoms. The summed E-state index contributed by atoms with van der Waals surface area (Å²) in [6.07, 6.45) is 4.14. The molecule has 0 amide bonds. The molecule has 2 aliphatic rings. The fourth-order valence-electron chi connectivity index (χ4n) is 3.75. The molecule has 2 heterocycles. The van der Waals surface area contributed by atoms with Crippen LogP contribution in [0.3, 0.4) is 0 Å². The van der Waals surface area contributed by atoms with Crippen molar-refractivity contribution < 1.29 is 9.53 Å². The van der Waals surface area contributed by atoms with E-state index in [2.05, 4.69) is 29.7 Å². The van der Waals surface area contributed by atoms with Crippen LogP contribution in [0, 0.1) is 6.92 Å². The number of benzene rings is 1. The number of carbonyl (C=O) groups is 1. The molecule has 1 fully saturated rings. The molecule has 0 saturated heterocycles. The Morgan fingerprint density at radius 1 is 1.30 bits per heavy atom. The molecule has 1 aliphatic heterocycles. The maximum atomic E-state index is 12.1. The van der Waals surface area contributed by atoms with Crippen LogP contribution in [0.15, 0.2) is 18.2 Å². The first-order valence-electron chi connectivity index (χ1n) is 7.37. The fourth-order valence-corrected chi connectivity index (χ4v) is 3.75. The minimum absolute atomic E-state index is 0.0731. The molecule has 0 N–H and O–H groups in total. The van der Waals surface area contributed by atoms with Gasteiger partial charge in [-0.2, -0.15) is 0 Å². The van der Waals surface area contributed by atoms with Crippen molar-refractivity contribution in [1.29, 1.82) is 0 Å². The highest BCUT2D eigenvalue weighted by Gasteiger charge is 2.52. The third-order valence-corrected chi connectivity index (χ3v) is 4.98. The topological polar surface area (TPSA) is 31.2 Å². The molecule has 1 aromatic heterocycles. The number of carbonyl (C=O) groups excluding carboxylic acids is 1. The van der Waals surface area contributed by atoms with Crippen molar-refractivity contribution in [3.8, 4) is 0 Å². The zero-order valence-corrected chi connectivity index (χ0v) is 12.0. The summed E-state index contributed by atoms with van der Waals surface area (Å²) in [5.41, 5.74) is 4.89. The first kappa shape index (κ1) is 12.0. The monoisotopic (exact) mass is 269 g/mol. The van der Waals surface area contributed by atoms with Gasteiger partial charge in [-0.05, 0) is 55.9 Å². The molecule has 1 aromatic carbocycles. The van der Waals surface area contributed by atoms with Crippen LogP contribution in [0.25, 0.3) is 10.9 Å². The Bertz CT molecular complexity index is 722. The molecule has 104 valence electrons. The molecular formula is C17H19NO2. The van der Waals surface area contributed by atoms with Crippen LogP contribution in [-0.2, 0) is 27.9 Å². The van der Waals surface area contributed by atoms with E-state index < -0.39 is 0 Å². The second-order valence-electron chi connectivity index (χ2n) is 6.19. The van der Waals surface area contributed by atoms with Crippen molar-refractivity contribution in [2.45, 2.75) is 44.6 Å². The van der Waals surface area contributed by atoms with Gasteiger partial charge in [-0.25, -0.2) is 0 Å². The zero-order valence-electron chi connectivity index (χ0n) is 12.0. The quantitative estimate of drug-likeness (QED) is 0.784. The van der Waals surface area contributed by atoms with Gasteiger partial charge in [0.2, 0.25) is 0 Å². The Morgan fingerprint density at radius 3 is 2.80 bits per heavy atom. The number of rotatable bonds is 2. The number of ether oxygens (including phenoxy) is 1. The molecular weight excluding hydrogens is 250 g/mol. The van der Waals surface area contributed by atoms with Gasteiger partial charge in [-0.15, -0.1) is 0 Å². The van der Waals surface area contributed by atoms with Gasteiger partial charge in [0.15, 0.2) is 0 Å². The highest BCUT2D eigenvalue weighted by atomic mass is 16.5. The number of aromatic nitrogens is 1. The summed E-state index contributed by atoms with van der Waals surface area (Å²) in [6.45, 7) is 3.28. The van der Waals surface area contributed by atoms with Gasteiger partial charge in [0.05, 0.1) is 18.0 Å². The average molecular weight is 269 g/mol. The molecule has 4 rings (SSSR count). The lowest BCUT2D eigenvalue weighted by Gasteiger charge is -2.20. The average Bonchev–Trinajstić information content (AvgIpc) is 3.21. The van der Waals surface area contributed by atoms with Gasteiger partial charge >= 0.3 is 5.97 Å². The van der Waals surface area contributed by atoms with Gasteiger partial charge in [0.25, 0.3) is 0 Å². The third kappa shape index (κ3) is 1.43. The van der Waals surface area contributed by atoms with Crippen LogP contribution < -0.4 is 0 Å². The van der Waals surface area contributed by atoms with Crippen LogP contribution in [0.2, 0.25) is 0 Å². The third-order valence-electron chi connectivity index (χ3n) is 4.98. The lowest BCUT2D eigenvalue weighted by molar-refractivity contribution is -0.143. The first-order valence-corrected chi connectivity index (χ1v) is 7.37. The largest absolute Gasteiger partial charge is 0.468 e. The summed E-state index contributed by atoms with van der Waals surface area (Å²) < 4.78 is 7.43. The molecule has 0 unspecified atom stereocenters. The Hall–Kier alpha value is -1.77. The van der Waals surface area contributed by atoms with E-state index in [1.54, 1.807) is 0 Å². The summed E-state index contributed by atoms with van der Waals surface area (Å²) in [6, 6.07) is 6.71. The van der Waals surface area contributed by atoms with Crippen molar-refractivity contribution in [1.82, 2.24) is 4.57 Å². The molecule has 1 aliphatic carbocycles.